The summed E-state index contributed by atoms with van der Waals surface area (Å²) in [6, 6.07) is 4.82. The van der Waals surface area contributed by atoms with Crippen molar-refractivity contribution in [3.8, 4) is 0 Å². The molecule has 1 aromatic carbocycles. The van der Waals surface area contributed by atoms with Crippen LogP contribution in [0.5, 0.6) is 0 Å². The van der Waals surface area contributed by atoms with Gasteiger partial charge < -0.3 is 20.9 Å². The quantitative estimate of drug-likeness (QED) is 0.671. The van der Waals surface area contributed by atoms with E-state index in [9.17, 15) is 0 Å². The molecule has 30 heavy (non-hydrogen) atoms. The van der Waals surface area contributed by atoms with Crippen LogP contribution in [0.3, 0.4) is 0 Å². The highest BCUT2D eigenvalue weighted by atomic mass is 79.9. The van der Waals surface area contributed by atoms with E-state index in [-0.39, 0.29) is 0 Å². The Bertz CT molecular complexity index is 893. The minimum atomic E-state index is 0.389. The first kappa shape index (κ1) is 21.6. The number of aryl methyl sites for hydroxylation is 1. The largest absolute Gasteiger partial charge is 0.383 e. The number of nitrogens with zero attached hydrogens (tertiary/aromatic N) is 5. The molecule has 162 valence electrons. The van der Waals surface area contributed by atoms with Crippen LogP contribution >= 0.6 is 27.5 Å². The highest BCUT2D eigenvalue weighted by Crippen LogP contribution is 2.34. The van der Waals surface area contributed by atoms with Gasteiger partial charge in [0.1, 0.15) is 5.82 Å². The van der Waals surface area contributed by atoms with Gasteiger partial charge in [-0.15, -0.1) is 0 Å². The van der Waals surface area contributed by atoms with Crippen molar-refractivity contribution in [2.75, 3.05) is 62.3 Å². The molecular formula is C21H29BrClN7. The van der Waals surface area contributed by atoms with E-state index in [0.717, 1.165) is 18.8 Å². The highest BCUT2D eigenvalue weighted by molar-refractivity contribution is 9.10. The fraction of sp³-hybridized carbons (Fsp3) is 0.524. The molecule has 1 aromatic heterocycles. The maximum absolute atomic E-state index is 6.61. The van der Waals surface area contributed by atoms with Gasteiger partial charge in [0.2, 0.25) is 5.95 Å². The van der Waals surface area contributed by atoms with E-state index in [1.165, 1.54) is 50.3 Å². The lowest BCUT2D eigenvalue weighted by Gasteiger charge is -2.43. The Balaban J connectivity index is 1.41. The van der Waals surface area contributed by atoms with Crippen molar-refractivity contribution >= 4 is 50.7 Å². The second-order valence-corrected chi connectivity index (χ2v) is 9.49. The fourth-order valence-corrected chi connectivity index (χ4v) is 4.72. The van der Waals surface area contributed by atoms with Crippen LogP contribution in [-0.4, -0.2) is 72.1 Å². The molecular weight excluding hydrogens is 466 g/mol. The molecule has 2 aliphatic heterocycles. The Morgan fingerprint density at radius 2 is 1.83 bits per heavy atom. The highest BCUT2D eigenvalue weighted by Gasteiger charge is 2.27. The topological polar surface area (TPSA) is 73.5 Å². The second kappa shape index (κ2) is 9.26. The van der Waals surface area contributed by atoms with Gasteiger partial charge in [0.15, 0.2) is 0 Å². The number of nitrogens with one attached hydrogen (secondary N) is 1. The van der Waals surface area contributed by atoms with Crippen LogP contribution in [-0.2, 0) is 0 Å². The average molecular weight is 495 g/mol. The normalized spacial score (nSPS) is 19.3. The Morgan fingerprint density at radius 1 is 1.13 bits per heavy atom. The molecule has 2 aromatic rings. The molecule has 0 saturated carbocycles. The van der Waals surface area contributed by atoms with Crippen LogP contribution in [0.25, 0.3) is 0 Å². The van der Waals surface area contributed by atoms with Gasteiger partial charge in [-0.25, -0.2) is 4.98 Å². The summed E-state index contributed by atoms with van der Waals surface area (Å²) in [6.07, 6.45) is 4.03. The third-order valence-corrected chi connectivity index (χ3v) is 7.09. The monoisotopic (exact) mass is 493 g/mol. The standard InChI is InChI=1S/C21H29BrClN7/c1-14-11-18(26-21-25-13-16(22)20(24)27-21)17(23)12-19(14)30-5-3-15(4-6-30)29-9-7-28(2)8-10-29/h11-13,15H,3-10H2,1-2H3,(H3,24,25,26,27). The molecule has 3 heterocycles. The van der Waals surface area contributed by atoms with E-state index in [2.05, 4.69) is 72.0 Å². The molecule has 2 fully saturated rings. The predicted octanol–water partition coefficient (Wildman–Crippen LogP) is 3.74. The van der Waals surface area contributed by atoms with Crippen molar-refractivity contribution in [1.29, 1.82) is 0 Å². The Hall–Kier alpha value is -1.61. The molecule has 0 bridgehead atoms. The second-order valence-electron chi connectivity index (χ2n) is 8.23. The maximum Gasteiger partial charge on any atom is 0.229 e. The van der Waals surface area contributed by atoms with Gasteiger partial charge in [-0.1, -0.05) is 11.6 Å². The SMILES string of the molecule is Cc1cc(Nc2ncc(Br)c(N)n2)c(Cl)cc1N1CCC(N2CCN(C)CC2)CC1. The minimum absolute atomic E-state index is 0.389. The van der Waals surface area contributed by atoms with Gasteiger partial charge in [-0.05, 0) is 60.4 Å². The van der Waals surface area contributed by atoms with Crippen LogP contribution in [0.4, 0.5) is 23.1 Å². The molecule has 0 amide bonds. The number of piperazine rings is 1. The van der Waals surface area contributed by atoms with Crippen LogP contribution in [0.1, 0.15) is 18.4 Å². The molecule has 0 unspecified atom stereocenters. The molecule has 3 N–H and O–H groups in total. The van der Waals surface area contributed by atoms with Crippen LogP contribution in [0.15, 0.2) is 22.8 Å². The van der Waals surface area contributed by atoms with Crippen molar-refractivity contribution in [1.82, 2.24) is 19.8 Å². The predicted molar refractivity (Wildman–Crippen MR) is 128 cm³/mol. The summed E-state index contributed by atoms with van der Waals surface area (Å²) in [5.74, 6) is 0.818. The van der Waals surface area contributed by atoms with Gasteiger partial charge in [0.25, 0.3) is 0 Å². The first-order valence-electron chi connectivity index (χ1n) is 10.4. The number of aromatic nitrogens is 2. The zero-order valence-corrected chi connectivity index (χ0v) is 19.9. The number of benzene rings is 1. The number of anilines is 4. The third-order valence-electron chi connectivity index (χ3n) is 6.16. The summed E-state index contributed by atoms with van der Waals surface area (Å²) in [4.78, 5) is 16.0. The van der Waals surface area contributed by atoms with E-state index in [4.69, 9.17) is 17.3 Å². The van der Waals surface area contributed by atoms with Gasteiger partial charge >= 0.3 is 0 Å². The number of nitrogens with two attached hydrogens (primary N) is 1. The number of rotatable bonds is 4. The van der Waals surface area contributed by atoms with Crippen LogP contribution in [0.2, 0.25) is 5.02 Å². The lowest BCUT2D eigenvalue weighted by Crippen LogP contribution is -2.52. The van der Waals surface area contributed by atoms with Gasteiger partial charge in [-0.3, -0.25) is 4.90 Å². The zero-order chi connectivity index (χ0) is 21.3. The molecule has 4 rings (SSSR count). The minimum Gasteiger partial charge on any atom is -0.383 e. The lowest BCUT2D eigenvalue weighted by atomic mass is 10.0. The molecule has 0 radical (unpaired) electrons. The lowest BCUT2D eigenvalue weighted by molar-refractivity contribution is 0.0982. The van der Waals surface area contributed by atoms with Crippen molar-refractivity contribution in [2.24, 2.45) is 0 Å². The van der Waals surface area contributed by atoms with Crippen molar-refractivity contribution in [3.05, 3.63) is 33.4 Å². The van der Waals surface area contributed by atoms with Gasteiger partial charge in [-0.2, -0.15) is 4.98 Å². The van der Waals surface area contributed by atoms with Crippen LogP contribution < -0.4 is 16.0 Å². The van der Waals surface area contributed by atoms with E-state index in [0.29, 0.717) is 27.3 Å². The number of nitrogen functional groups attached to an aromatic ring is 1. The first-order valence-corrected chi connectivity index (χ1v) is 11.6. The molecule has 9 heteroatoms. The Kier molecular flexibility index (Phi) is 6.67. The first-order chi connectivity index (χ1) is 14.4. The van der Waals surface area contributed by atoms with Gasteiger partial charge in [0, 0.05) is 57.2 Å². The number of piperidine rings is 1. The molecule has 0 atom stereocenters. The van der Waals surface area contributed by atoms with E-state index < -0.39 is 0 Å². The molecule has 2 aliphatic rings. The summed E-state index contributed by atoms with van der Waals surface area (Å²) < 4.78 is 0.672. The molecule has 2 saturated heterocycles. The average Bonchev–Trinajstić information content (AvgIpc) is 2.74. The molecule has 7 nitrogen and oxygen atoms in total. The Labute approximate surface area is 191 Å². The summed E-state index contributed by atoms with van der Waals surface area (Å²) >= 11 is 9.92. The summed E-state index contributed by atoms with van der Waals surface area (Å²) in [7, 11) is 2.21. The summed E-state index contributed by atoms with van der Waals surface area (Å²) in [5.41, 5.74) is 9.03. The molecule has 0 spiro atoms. The third kappa shape index (κ3) is 4.82. The smallest absolute Gasteiger partial charge is 0.229 e. The maximum atomic E-state index is 6.61. The van der Waals surface area contributed by atoms with Crippen molar-refractivity contribution in [2.45, 2.75) is 25.8 Å². The summed E-state index contributed by atoms with van der Waals surface area (Å²) in [6.45, 7) is 8.99. The van der Waals surface area contributed by atoms with Crippen molar-refractivity contribution < 1.29 is 0 Å². The fourth-order valence-electron chi connectivity index (χ4n) is 4.33. The van der Waals surface area contributed by atoms with Crippen LogP contribution in [0, 0.1) is 6.92 Å². The number of hydrogen-bond acceptors (Lipinski definition) is 7. The van der Waals surface area contributed by atoms with E-state index >= 15 is 0 Å². The zero-order valence-electron chi connectivity index (χ0n) is 17.5. The Morgan fingerprint density at radius 3 is 2.50 bits per heavy atom. The molecule has 0 aliphatic carbocycles. The number of likely N-dealkylation sites (N-methyl/N-ethyl adjacent to an activating group) is 1. The van der Waals surface area contributed by atoms with E-state index in [1.807, 2.05) is 0 Å². The van der Waals surface area contributed by atoms with Gasteiger partial charge in [0.05, 0.1) is 15.2 Å². The van der Waals surface area contributed by atoms with E-state index in [1.54, 1.807) is 6.20 Å². The van der Waals surface area contributed by atoms with Crippen molar-refractivity contribution in [3.63, 3.8) is 0 Å². The number of halogens is 2. The number of hydrogen-bond donors (Lipinski definition) is 2. The summed E-state index contributed by atoms with van der Waals surface area (Å²) in [5, 5.41) is 3.84.